The molecule has 3 heterocycles. The monoisotopic (exact) mass is 292 g/mol. The van der Waals surface area contributed by atoms with Crippen molar-refractivity contribution in [3.8, 4) is 0 Å². The lowest BCUT2D eigenvalue weighted by Crippen LogP contribution is -2.49. The van der Waals surface area contributed by atoms with Crippen molar-refractivity contribution >= 4 is 0 Å². The molecule has 0 radical (unpaired) electrons. The zero-order chi connectivity index (χ0) is 14.7. The molecule has 1 atom stereocenters. The summed E-state index contributed by atoms with van der Waals surface area (Å²) < 4.78 is 5.49. The molecule has 2 aliphatic rings. The van der Waals surface area contributed by atoms with Crippen LogP contribution in [0.2, 0.25) is 0 Å². The maximum atomic E-state index is 5.49. The molecule has 21 heavy (non-hydrogen) atoms. The van der Waals surface area contributed by atoms with E-state index in [9.17, 15) is 0 Å². The third kappa shape index (κ3) is 4.05. The molecule has 0 bridgehead atoms. The van der Waals surface area contributed by atoms with Crippen LogP contribution < -0.4 is 5.32 Å². The van der Waals surface area contributed by atoms with E-state index < -0.39 is 0 Å². The molecule has 5 nitrogen and oxygen atoms in total. The molecular formula is C16H28N4O. The van der Waals surface area contributed by atoms with Gasteiger partial charge in [0, 0.05) is 38.3 Å². The molecule has 0 aliphatic carbocycles. The Hall–Kier alpha value is -0.910. The second-order valence-corrected chi connectivity index (χ2v) is 6.88. The summed E-state index contributed by atoms with van der Waals surface area (Å²) in [5, 5.41) is 7.58. The molecule has 0 spiro atoms. The Labute approximate surface area is 127 Å². The second kappa shape index (κ2) is 6.90. The topological polar surface area (TPSA) is 44.5 Å². The number of rotatable bonds is 6. The highest BCUT2D eigenvalue weighted by Crippen LogP contribution is 2.22. The number of fused-ring (bicyclic) bond motifs is 1. The minimum Gasteiger partial charge on any atom is -0.360 e. The van der Waals surface area contributed by atoms with E-state index in [4.69, 9.17) is 4.52 Å². The van der Waals surface area contributed by atoms with Crippen molar-refractivity contribution in [1.29, 1.82) is 0 Å². The van der Waals surface area contributed by atoms with Gasteiger partial charge in [-0.2, -0.15) is 0 Å². The van der Waals surface area contributed by atoms with Gasteiger partial charge in [-0.25, -0.2) is 0 Å². The van der Waals surface area contributed by atoms with Crippen molar-refractivity contribution in [2.45, 2.75) is 45.8 Å². The Kier molecular flexibility index (Phi) is 4.93. The predicted molar refractivity (Wildman–Crippen MR) is 82.9 cm³/mol. The van der Waals surface area contributed by atoms with Gasteiger partial charge in [0.15, 0.2) is 5.76 Å². The third-order valence-electron chi connectivity index (χ3n) is 4.52. The van der Waals surface area contributed by atoms with Crippen LogP contribution >= 0.6 is 0 Å². The van der Waals surface area contributed by atoms with Crippen LogP contribution in [-0.4, -0.2) is 53.7 Å². The smallest absolute Gasteiger partial charge is 0.151 e. The lowest BCUT2D eigenvalue weighted by Gasteiger charge is -2.36. The summed E-state index contributed by atoms with van der Waals surface area (Å²) in [6.45, 7) is 12.0. The summed E-state index contributed by atoms with van der Waals surface area (Å²) in [5.74, 6) is 1.67. The molecule has 0 aromatic carbocycles. The highest BCUT2D eigenvalue weighted by molar-refractivity contribution is 5.05. The first-order valence-electron chi connectivity index (χ1n) is 8.32. The molecule has 2 aliphatic heterocycles. The fourth-order valence-electron chi connectivity index (χ4n) is 3.42. The van der Waals surface area contributed by atoms with E-state index in [-0.39, 0.29) is 0 Å². The van der Waals surface area contributed by atoms with E-state index in [0.717, 1.165) is 43.7 Å². The summed E-state index contributed by atoms with van der Waals surface area (Å²) in [7, 11) is 0. The molecule has 5 heteroatoms. The summed E-state index contributed by atoms with van der Waals surface area (Å²) in [6.07, 6.45) is 2.73. The second-order valence-electron chi connectivity index (χ2n) is 6.88. The molecule has 0 amide bonds. The summed E-state index contributed by atoms with van der Waals surface area (Å²) in [5.41, 5.74) is 1.02. The summed E-state index contributed by atoms with van der Waals surface area (Å²) in [4.78, 5) is 5.15. The molecule has 118 valence electrons. The van der Waals surface area contributed by atoms with Crippen LogP contribution in [0, 0.1) is 5.92 Å². The van der Waals surface area contributed by atoms with Crippen molar-refractivity contribution in [2.75, 3.05) is 32.7 Å². The average Bonchev–Trinajstić information content (AvgIpc) is 3.07. The zero-order valence-corrected chi connectivity index (χ0v) is 13.3. The number of aromatic nitrogens is 1. The normalized spacial score (nSPS) is 23.9. The van der Waals surface area contributed by atoms with Gasteiger partial charge in [0.2, 0.25) is 0 Å². The SMILES string of the molecule is CC(C)CNCc1cc(CN2CCN3CCCC3C2)on1. The molecule has 1 aromatic heterocycles. The van der Waals surface area contributed by atoms with Crippen molar-refractivity contribution in [3.05, 3.63) is 17.5 Å². The standard InChI is InChI=1S/C16H28N4O/c1-13(2)9-17-10-14-8-16(21-18-14)12-19-6-7-20-5-3-4-15(20)11-19/h8,13,15,17H,3-7,9-12H2,1-2H3. The van der Waals surface area contributed by atoms with Crippen molar-refractivity contribution in [1.82, 2.24) is 20.3 Å². The Balaban J connectivity index is 1.46. The first kappa shape index (κ1) is 15.0. The van der Waals surface area contributed by atoms with Crippen LogP contribution in [0.3, 0.4) is 0 Å². The molecule has 0 saturated carbocycles. The molecule has 3 rings (SSSR count). The van der Waals surface area contributed by atoms with Gasteiger partial charge in [-0.3, -0.25) is 9.80 Å². The van der Waals surface area contributed by atoms with Gasteiger partial charge < -0.3 is 9.84 Å². The number of nitrogens with one attached hydrogen (secondary N) is 1. The molecule has 2 saturated heterocycles. The first-order chi connectivity index (χ1) is 10.2. The third-order valence-corrected chi connectivity index (χ3v) is 4.52. The van der Waals surface area contributed by atoms with Gasteiger partial charge in [-0.1, -0.05) is 19.0 Å². The minimum absolute atomic E-state index is 0.666. The van der Waals surface area contributed by atoms with E-state index in [1.165, 1.54) is 32.5 Å². The van der Waals surface area contributed by atoms with Crippen molar-refractivity contribution in [3.63, 3.8) is 0 Å². The fourth-order valence-corrected chi connectivity index (χ4v) is 3.42. The maximum Gasteiger partial charge on any atom is 0.151 e. The number of hydrogen-bond donors (Lipinski definition) is 1. The number of hydrogen-bond acceptors (Lipinski definition) is 5. The fraction of sp³-hybridized carbons (Fsp3) is 0.812. The first-order valence-corrected chi connectivity index (χ1v) is 8.32. The van der Waals surface area contributed by atoms with Crippen LogP contribution in [0.25, 0.3) is 0 Å². The summed E-state index contributed by atoms with van der Waals surface area (Å²) in [6, 6.07) is 2.88. The van der Waals surface area contributed by atoms with E-state index in [2.05, 4.69) is 40.2 Å². The van der Waals surface area contributed by atoms with E-state index in [1.807, 2.05) is 0 Å². The van der Waals surface area contributed by atoms with E-state index in [1.54, 1.807) is 0 Å². The highest BCUT2D eigenvalue weighted by Gasteiger charge is 2.30. The molecule has 1 unspecified atom stereocenters. The van der Waals surface area contributed by atoms with Gasteiger partial charge in [0.05, 0.1) is 12.2 Å². The lowest BCUT2D eigenvalue weighted by atomic mass is 10.1. The largest absolute Gasteiger partial charge is 0.360 e. The Bertz CT molecular complexity index is 445. The summed E-state index contributed by atoms with van der Waals surface area (Å²) >= 11 is 0. The van der Waals surface area contributed by atoms with Gasteiger partial charge in [-0.05, 0) is 31.8 Å². The van der Waals surface area contributed by atoms with Gasteiger partial charge in [-0.15, -0.1) is 0 Å². The molecule has 2 fully saturated rings. The average molecular weight is 292 g/mol. The lowest BCUT2D eigenvalue weighted by molar-refractivity contribution is 0.0922. The Morgan fingerprint density at radius 3 is 3.14 bits per heavy atom. The van der Waals surface area contributed by atoms with Crippen LogP contribution in [0.5, 0.6) is 0 Å². The molecular weight excluding hydrogens is 264 g/mol. The zero-order valence-electron chi connectivity index (χ0n) is 13.3. The van der Waals surface area contributed by atoms with Crippen molar-refractivity contribution in [2.24, 2.45) is 5.92 Å². The maximum absolute atomic E-state index is 5.49. The predicted octanol–water partition coefficient (Wildman–Crippen LogP) is 1.70. The van der Waals surface area contributed by atoms with Gasteiger partial charge in [0.1, 0.15) is 0 Å². The van der Waals surface area contributed by atoms with Gasteiger partial charge in [0.25, 0.3) is 0 Å². The van der Waals surface area contributed by atoms with Crippen molar-refractivity contribution < 1.29 is 4.52 Å². The van der Waals surface area contributed by atoms with E-state index in [0.29, 0.717) is 5.92 Å². The minimum atomic E-state index is 0.666. The van der Waals surface area contributed by atoms with Gasteiger partial charge >= 0.3 is 0 Å². The Morgan fingerprint density at radius 1 is 1.38 bits per heavy atom. The van der Waals surface area contributed by atoms with Crippen LogP contribution in [-0.2, 0) is 13.1 Å². The highest BCUT2D eigenvalue weighted by atomic mass is 16.5. The quantitative estimate of drug-likeness (QED) is 0.864. The molecule has 1 aromatic rings. The van der Waals surface area contributed by atoms with Crippen LogP contribution in [0.1, 0.15) is 38.1 Å². The number of nitrogens with zero attached hydrogens (tertiary/aromatic N) is 3. The van der Waals surface area contributed by atoms with Crippen LogP contribution in [0.15, 0.2) is 10.6 Å². The van der Waals surface area contributed by atoms with Crippen LogP contribution in [0.4, 0.5) is 0 Å². The Morgan fingerprint density at radius 2 is 2.29 bits per heavy atom. The molecule has 1 N–H and O–H groups in total. The number of piperazine rings is 1. The van der Waals surface area contributed by atoms with E-state index >= 15 is 0 Å².